The Balaban J connectivity index is 0.00000324. The smallest absolute Gasteiger partial charge is 0.277 e. The summed E-state index contributed by atoms with van der Waals surface area (Å²) in [7, 11) is 5.78. The van der Waals surface area contributed by atoms with Crippen LogP contribution in [0.2, 0.25) is 5.15 Å². The molecule has 0 bridgehead atoms. The molecule has 36 heavy (non-hydrogen) atoms. The van der Waals surface area contributed by atoms with Crippen LogP contribution >= 0.6 is 24.0 Å². The Hall–Kier alpha value is -2.66. The quantitative estimate of drug-likeness (QED) is 0.325. The number of carbonyl (C=O) groups is 2. The van der Waals surface area contributed by atoms with Gasteiger partial charge in [0, 0.05) is 31.8 Å². The lowest BCUT2D eigenvalue weighted by Gasteiger charge is -2.19. The molecule has 2 aromatic heterocycles. The van der Waals surface area contributed by atoms with Gasteiger partial charge in [0.05, 0.1) is 19.3 Å². The van der Waals surface area contributed by atoms with Gasteiger partial charge in [-0.15, -0.1) is 12.4 Å². The van der Waals surface area contributed by atoms with Crippen LogP contribution in [-0.2, 0) is 19.6 Å². The van der Waals surface area contributed by atoms with Crippen molar-refractivity contribution in [1.29, 1.82) is 0 Å². The van der Waals surface area contributed by atoms with Crippen LogP contribution in [0.3, 0.4) is 0 Å². The van der Waals surface area contributed by atoms with Crippen molar-refractivity contribution in [2.75, 3.05) is 40.0 Å². The van der Waals surface area contributed by atoms with Gasteiger partial charge in [-0.3, -0.25) is 9.59 Å². The van der Waals surface area contributed by atoms with Crippen molar-refractivity contribution in [2.24, 2.45) is 0 Å². The van der Waals surface area contributed by atoms with Crippen LogP contribution < -0.4 is 28.0 Å². The number of benzene rings is 1. The Labute approximate surface area is 228 Å². The summed E-state index contributed by atoms with van der Waals surface area (Å²) in [4.78, 5) is 37.4. The molecule has 0 aliphatic heterocycles. The minimum atomic E-state index is -0.457. The third kappa shape index (κ3) is 6.76. The first-order valence-corrected chi connectivity index (χ1v) is 11.6. The third-order valence-electron chi connectivity index (χ3n) is 5.68. The maximum absolute atomic E-state index is 13.0. The van der Waals surface area contributed by atoms with Gasteiger partial charge in [0.15, 0.2) is 22.5 Å². The summed E-state index contributed by atoms with van der Waals surface area (Å²) in [5.74, 6) is 0.428. The molecule has 0 fully saturated rings. The van der Waals surface area contributed by atoms with Crippen LogP contribution in [-0.4, -0.2) is 70.4 Å². The van der Waals surface area contributed by atoms with Gasteiger partial charge in [0.2, 0.25) is 0 Å². The molecule has 3 N–H and O–H groups in total. The molecule has 0 saturated carbocycles. The number of halogens is 3. The Morgan fingerprint density at radius 1 is 1.19 bits per heavy atom. The van der Waals surface area contributed by atoms with E-state index < -0.39 is 5.91 Å². The first kappa shape index (κ1) is 31.4. The first-order valence-electron chi connectivity index (χ1n) is 11.2. The molecule has 2 amide bonds. The number of nitrogens with zero attached hydrogens (tertiary/aromatic N) is 6. The lowest BCUT2D eigenvalue weighted by Crippen LogP contribution is -3.00. The summed E-state index contributed by atoms with van der Waals surface area (Å²) in [6, 6.07) is 5.74. The summed E-state index contributed by atoms with van der Waals surface area (Å²) < 4.78 is 4.22. The van der Waals surface area contributed by atoms with Crippen molar-refractivity contribution in [3.05, 3.63) is 46.6 Å². The fourth-order valence-corrected chi connectivity index (χ4v) is 4.01. The normalized spacial score (nSPS) is 10.6. The van der Waals surface area contributed by atoms with E-state index >= 15 is 0 Å². The number of nitrogens with one attached hydrogen (secondary N) is 1. The van der Waals surface area contributed by atoms with Crippen molar-refractivity contribution < 1.29 is 26.6 Å². The standard InChI is InChI=1S/C23H31ClN8O2.2ClH/c1-6-31-16-9-8-15(23(34)30(5)11-10-29(3)4)12-17(16)32(7-2)19(31)14-27-22(33)20-21(25)26-13-18(24)28-20;;/h8-9,12-13H,6-7,10-11,14H2,1-5H3,(H2-,25,26,27,33);2*1H. The second kappa shape index (κ2) is 13.6. The van der Waals surface area contributed by atoms with Crippen LogP contribution in [0.1, 0.15) is 40.5 Å². The molecule has 0 saturated heterocycles. The van der Waals surface area contributed by atoms with Gasteiger partial charge in [-0.1, -0.05) is 11.6 Å². The average molecular weight is 560 g/mol. The Morgan fingerprint density at radius 2 is 1.89 bits per heavy atom. The van der Waals surface area contributed by atoms with Crippen molar-refractivity contribution in [3.63, 3.8) is 0 Å². The zero-order valence-corrected chi connectivity index (χ0v) is 23.4. The number of nitrogens with two attached hydrogens (primary N) is 1. The Morgan fingerprint density at radius 3 is 2.50 bits per heavy atom. The molecule has 10 nitrogen and oxygen atoms in total. The van der Waals surface area contributed by atoms with E-state index in [2.05, 4.69) is 24.4 Å². The van der Waals surface area contributed by atoms with E-state index in [1.54, 1.807) is 4.90 Å². The number of likely N-dealkylation sites (N-methyl/N-ethyl adjacent to an activating group) is 2. The largest absolute Gasteiger partial charge is 1.00 e. The maximum Gasteiger partial charge on any atom is 0.277 e. The molecule has 1 aromatic carbocycles. The number of carbonyl (C=O) groups excluding carboxylic acids is 2. The molecular formula is C23H33Cl3N8O2. The molecule has 3 aromatic rings. The van der Waals surface area contributed by atoms with Crippen molar-refractivity contribution in [1.82, 2.24) is 29.7 Å². The van der Waals surface area contributed by atoms with Gasteiger partial charge in [0.25, 0.3) is 17.6 Å². The zero-order valence-electron chi connectivity index (χ0n) is 21.1. The SMILES string of the molecule is CCn1c(CNC(=O)c2nc(Cl)cnc2N)[n+](CC)c2ccc(C(=O)N(C)CCN(C)C)cc21.Cl.[Cl-]. The fourth-order valence-electron chi connectivity index (χ4n) is 3.88. The average Bonchev–Trinajstić information content (AvgIpc) is 3.13. The summed E-state index contributed by atoms with van der Waals surface area (Å²) in [5.41, 5.74) is 8.34. The van der Waals surface area contributed by atoms with E-state index in [0.29, 0.717) is 25.2 Å². The van der Waals surface area contributed by atoms with Crippen LogP contribution in [0.4, 0.5) is 5.82 Å². The number of amides is 2. The Bertz CT molecular complexity index is 1220. The van der Waals surface area contributed by atoms with Crippen molar-refractivity contribution in [2.45, 2.75) is 33.5 Å². The number of rotatable bonds is 9. The van der Waals surface area contributed by atoms with Gasteiger partial charge < -0.3 is 33.3 Å². The highest BCUT2D eigenvalue weighted by Gasteiger charge is 2.26. The Kier molecular flexibility index (Phi) is 11.8. The fraction of sp³-hybridized carbons (Fsp3) is 0.435. The highest BCUT2D eigenvalue weighted by Crippen LogP contribution is 2.19. The van der Waals surface area contributed by atoms with E-state index in [9.17, 15) is 9.59 Å². The second-order valence-corrected chi connectivity index (χ2v) is 8.63. The second-order valence-electron chi connectivity index (χ2n) is 8.25. The third-order valence-corrected chi connectivity index (χ3v) is 5.86. The van der Waals surface area contributed by atoms with E-state index in [4.69, 9.17) is 17.3 Å². The molecule has 0 aliphatic rings. The first-order chi connectivity index (χ1) is 16.2. The molecule has 0 aliphatic carbocycles. The predicted molar refractivity (Wildman–Crippen MR) is 139 cm³/mol. The van der Waals surface area contributed by atoms with E-state index in [-0.39, 0.29) is 53.9 Å². The molecule has 198 valence electrons. The minimum Gasteiger partial charge on any atom is -1.00 e. The molecule has 0 spiro atoms. The summed E-state index contributed by atoms with van der Waals surface area (Å²) in [6.07, 6.45) is 1.30. The molecule has 3 rings (SSSR count). The molecule has 2 heterocycles. The van der Waals surface area contributed by atoms with Gasteiger partial charge in [0.1, 0.15) is 11.7 Å². The van der Waals surface area contributed by atoms with Crippen molar-refractivity contribution >= 4 is 52.7 Å². The van der Waals surface area contributed by atoms with Crippen molar-refractivity contribution in [3.8, 4) is 0 Å². The number of aryl methyl sites for hydroxylation is 2. The molecule has 0 radical (unpaired) electrons. The van der Waals surface area contributed by atoms with Crippen LogP contribution in [0, 0.1) is 0 Å². The number of nitrogen functional groups attached to an aromatic ring is 1. The number of anilines is 1. The van der Waals surface area contributed by atoms with Gasteiger partial charge in [-0.2, -0.15) is 0 Å². The number of aromatic nitrogens is 4. The predicted octanol–water partition coefficient (Wildman–Crippen LogP) is -1.02. The van der Waals surface area contributed by atoms with E-state index in [1.165, 1.54) is 6.20 Å². The number of hydrogen-bond donors (Lipinski definition) is 2. The number of fused-ring (bicyclic) bond motifs is 1. The molecule has 0 atom stereocenters. The van der Waals surface area contributed by atoms with E-state index in [0.717, 1.165) is 23.4 Å². The van der Waals surface area contributed by atoms with E-state index in [1.807, 2.05) is 58.1 Å². The lowest BCUT2D eigenvalue weighted by atomic mass is 10.1. The summed E-state index contributed by atoms with van der Waals surface area (Å²) >= 11 is 5.87. The number of hydrogen-bond acceptors (Lipinski definition) is 6. The zero-order chi connectivity index (χ0) is 25.0. The van der Waals surface area contributed by atoms with Crippen LogP contribution in [0.15, 0.2) is 24.4 Å². The highest BCUT2D eigenvalue weighted by atomic mass is 35.5. The monoisotopic (exact) mass is 558 g/mol. The van der Waals surface area contributed by atoms with Crippen LogP contribution in [0.5, 0.6) is 0 Å². The van der Waals surface area contributed by atoms with Gasteiger partial charge in [-0.25, -0.2) is 19.1 Å². The minimum absolute atomic E-state index is 0. The topological polar surface area (TPSA) is 113 Å². The maximum atomic E-state index is 13.0. The van der Waals surface area contributed by atoms with Gasteiger partial charge in [-0.05, 0) is 40.1 Å². The molecule has 13 heteroatoms. The molecule has 0 unspecified atom stereocenters. The summed E-state index contributed by atoms with van der Waals surface area (Å²) in [5, 5.41) is 2.97. The summed E-state index contributed by atoms with van der Waals surface area (Å²) in [6.45, 7) is 7.11. The molecular weight excluding hydrogens is 527 g/mol. The van der Waals surface area contributed by atoms with Crippen LogP contribution in [0.25, 0.3) is 11.0 Å². The van der Waals surface area contributed by atoms with Gasteiger partial charge >= 0.3 is 0 Å². The highest BCUT2D eigenvalue weighted by molar-refractivity contribution is 6.29. The number of imidazole rings is 1. The lowest BCUT2D eigenvalue weighted by molar-refractivity contribution is -0.676.